The largest absolute Gasteiger partial charge is 0.417 e. The van der Waals surface area contributed by atoms with E-state index in [2.05, 4.69) is 4.98 Å². The molecule has 1 heterocycles. The molecule has 9 heteroatoms. The second-order valence-electron chi connectivity index (χ2n) is 4.57. The van der Waals surface area contributed by atoms with E-state index in [1.54, 1.807) is 6.92 Å². The lowest BCUT2D eigenvalue weighted by atomic mass is 10.1. The van der Waals surface area contributed by atoms with Crippen LogP contribution in [0.1, 0.15) is 12.5 Å². The van der Waals surface area contributed by atoms with Crippen LogP contribution in [0.2, 0.25) is 10.0 Å². The number of anilines is 1. The van der Waals surface area contributed by atoms with Gasteiger partial charge in [0.25, 0.3) is 0 Å². The van der Waals surface area contributed by atoms with Gasteiger partial charge in [-0.15, -0.1) is 0 Å². The fourth-order valence-electron chi connectivity index (χ4n) is 1.93. The van der Waals surface area contributed by atoms with E-state index in [1.807, 2.05) is 0 Å². The number of hydroxylamine groups is 1. The van der Waals surface area contributed by atoms with Gasteiger partial charge >= 0.3 is 6.18 Å². The molecule has 0 aliphatic carbocycles. The summed E-state index contributed by atoms with van der Waals surface area (Å²) in [4.78, 5) is 20.0. The van der Waals surface area contributed by atoms with Crippen molar-refractivity contribution in [3.63, 3.8) is 0 Å². The zero-order chi connectivity index (χ0) is 17.9. The number of pyridine rings is 1. The summed E-state index contributed by atoms with van der Waals surface area (Å²) in [5.41, 5.74) is -0.206. The minimum atomic E-state index is -4.54. The monoisotopic (exact) mass is 378 g/mol. The first-order valence-electron chi connectivity index (χ1n) is 6.68. The van der Waals surface area contributed by atoms with E-state index < -0.39 is 11.7 Å². The minimum absolute atomic E-state index is 0.130. The van der Waals surface area contributed by atoms with Gasteiger partial charge in [-0.2, -0.15) is 18.2 Å². The van der Waals surface area contributed by atoms with E-state index in [1.165, 1.54) is 18.2 Å². The Morgan fingerprint density at radius 1 is 1.25 bits per heavy atom. The summed E-state index contributed by atoms with van der Waals surface area (Å²) in [7, 11) is 0. The van der Waals surface area contributed by atoms with Gasteiger partial charge in [-0.3, -0.25) is 14.6 Å². The maximum absolute atomic E-state index is 12.7. The van der Waals surface area contributed by atoms with Crippen molar-refractivity contribution in [2.45, 2.75) is 13.1 Å². The number of aromatic nitrogens is 1. The summed E-state index contributed by atoms with van der Waals surface area (Å²) in [6, 6.07) is 5.24. The molecule has 24 heavy (non-hydrogen) atoms. The zero-order valence-electron chi connectivity index (χ0n) is 12.3. The zero-order valence-corrected chi connectivity index (χ0v) is 13.8. The van der Waals surface area contributed by atoms with Crippen molar-refractivity contribution in [2.75, 3.05) is 11.7 Å². The van der Waals surface area contributed by atoms with Crippen molar-refractivity contribution < 1.29 is 22.8 Å². The standard InChI is InChI=1S/C15H11Cl2F3N2O2/c1-2-24-22(8-23)13-5-9(3-4-11(13)16)14-12(17)6-10(7-21-14)15(18,19)20/h3-8H,2H2,1H3. The molecular formula is C15H11Cl2F3N2O2. The lowest BCUT2D eigenvalue weighted by molar-refractivity contribution is -0.137. The maximum atomic E-state index is 12.7. The number of benzene rings is 1. The van der Waals surface area contributed by atoms with Crippen molar-refractivity contribution in [1.29, 1.82) is 0 Å². The molecule has 0 aliphatic rings. The third-order valence-electron chi connectivity index (χ3n) is 2.99. The van der Waals surface area contributed by atoms with E-state index in [9.17, 15) is 18.0 Å². The van der Waals surface area contributed by atoms with E-state index in [-0.39, 0.29) is 28.0 Å². The molecule has 2 rings (SSSR count). The van der Waals surface area contributed by atoms with E-state index in [0.29, 0.717) is 18.2 Å². The van der Waals surface area contributed by atoms with Gasteiger partial charge < -0.3 is 0 Å². The average molecular weight is 379 g/mol. The van der Waals surface area contributed by atoms with E-state index >= 15 is 0 Å². The quantitative estimate of drug-likeness (QED) is 0.543. The van der Waals surface area contributed by atoms with Crippen LogP contribution >= 0.6 is 23.2 Å². The molecule has 0 radical (unpaired) electrons. The Bertz CT molecular complexity index is 754. The van der Waals surface area contributed by atoms with Crippen LogP contribution in [0.3, 0.4) is 0 Å². The second kappa shape index (κ2) is 7.38. The van der Waals surface area contributed by atoms with Gasteiger partial charge in [0.1, 0.15) is 0 Å². The van der Waals surface area contributed by atoms with Crippen LogP contribution in [0.15, 0.2) is 30.5 Å². The van der Waals surface area contributed by atoms with Crippen LogP contribution in [-0.2, 0) is 15.8 Å². The molecule has 4 nitrogen and oxygen atoms in total. The van der Waals surface area contributed by atoms with E-state index in [0.717, 1.165) is 11.1 Å². The topological polar surface area (TPSA) is 42.4 Å². The lowest BCUT2D eigenvalue weighted by Crippen LogP contribution is -2.21. The number of amides is 1. The molecule has 1 amide bonds. The fraction of sp³-hybridized carbons (Fsp3) is 0.200. The number of carbonyl (C=O) groups excluding carboxylic acids is 1. The van der Waals surface area contributed by atoms with Gasteiger partial charge in [-0.25, -0.2) is 0 Å². The van der Waals surface area contributed by atoms with Crippen LogP contribution in [-0.4, -0.2) is 18.0 Å². The smallest absolute Gasteiger partial charge is 0.276 e. The molecule has 0 atom stereocenters. The molecule has 0 fully saturated rings. The highest BCUT2D eigenvalue weighted by Crippen LogP contribution is 2.36. The Morgan fingerprint density at radius 3 is 2.50 bits per heavy atom. The van der Waals surface area contributed by atoms with Gasteiger partial charge in [0.15, 0.2) is 0 Å². The summed E-state index contributed by atoms with van der Waals surface area (Å²) in [6.07, 6.45) is -3.42. The van der Waals surface area contributed by atoms with Crippen LogP contribution < -0.4 is 5.06 Å². The van der Waals surface area contributed by atoms with Crippen molar-refractivity contribution in [2.24, 2.45) is 0 Å². The van der Waals surface area contributed by atoms with Gasteiger partial charge in [-0.05, 0) is 25.1 Å². The summed E-state index contributed by atoms with van der Waals surface area (Å²) in [5.74, 6) is 0. The molecular weight excluding hydrogens is 368 g/mol. The molecule has 0 aliphatic heterocycles. The van der Waals surface area contributed by atoms with Crippen LogP contribution in [0.25, 0.3) is 11.3 Å². The van der Waals surface area contributed by atoms with Crippen molar-refractivity contribution >= 4 is 35.3 Å². The molecule has 0 unspecified atom stereocenters. The van der Waals surface area contributed by atoms with Gasteiger partial charge in [0.05, 0.1) is 33.6 Å². The van der Waals surface area contributed by atoms with Crippen LogP contribution in [0.5, 0.6) is 0 Å². The Labute approximate surface area is 145 Å². The number of rotatable bonds is 5. The Balaban J connectivity index is 2.48. The summed E-state index contributed by atoms with van der Waals surface area (Å²) < 4.78 is 38.0. The molecule has 1 aromatic heterocycles. The van der Waals surface area contributed by atoms with Gasteiger partial charge in [-0.1, -0.05) is 29.3 Å². The van der Waals surface area contributed by atoms with Gasteiger partial charge in [0, 0.05) is 11.8 Å². The fourth-order valence-corrected chi connectivity index (χ4v) is 2.41. The minimum Gasteiger partial charge on any atom is -0.276 e. The number of hydrogen-bond donors (Lipinski definition) is 0. The predicted octanol–water partition coefficient (Wildman–Crippen LogP) is 4.99. The predicted molar refractivity (Wildman–Crippen MR) is 84.9 cm³/mol. The molecule has 2 aromatic rings. The molecule has 128 valence electrons. The first-order valence-corrected chi connectivity index (χ1v) is 7.43. The first-order chi connectivity index (χ1) is 11.3. The Morgan fingerprint density at radius 2 is 1.96 bits per heavy atom. The highest BCUT2D eigenvalue weighted by Gasteiger charge is 2.31. The first kappa shape index (κ1) is 18.5. The highest BCUT2D eigenvalue weighted by atomic mass is 35.5. The molecule has 0 spiro atoms. The SMILES string of the molecule is CCON(C=O)c1cc(-c2ncc(C(F)(F)F)cc2Cl)ccc1Cl. The molecule has 0 saturated heterocycles. The molecule has 0 bridgehead atoms. The lowest BCUT2D eigenvalue weighted by Gasteiger charge is -2.18. The molecule has 0 N–H and O–H groups in total. The third-order valence-corrected chi connectivity index (χ3v) is 3.60. The summed E-state index contributed by atoms with van der Waals surface area (Å²) in [6.45, 7) is 1.90. The second-order valence-corrected chi connectivity index (χ2v) is 5.38. The molecule has 0 saturated carbocycles. The normalized spacial score (nSPS) is 11.4. The molecule has 1 aromatic carbocycles. The Hall–Kier alpha value is -1.83. The van der Waals surface area contributed by atoms with Crippen LogP contribution in [0, 0.1) is 0 Å². The third kappa shape index (κ3) is 3.98. The number of halogens is 5. The number of hydrogen-bond acceptors (Lipinski definition) is 3. The number of alkyl halides is 3. The van der Waals surface area contributed by atoms with Crippen molar-refractivity contribution in [1.82, 2.24) is 4.98 Å². The number of carbonyl (C=O) groups is 1. The number of nitrogens with zero attached hydrogens (tertiary/aromatic N) is 2. The van der Waals surface area contributed by atoms with Gasteiger partial charge in [0.2, 0.25) is 6.41 Å². The van der Waals surface area contributed by atoms with Crippen LogP contribution in [0.4, 0.5) is 18.9 Å². The maximum Gasteiger partial charge on any atom is 0.417 e. The summed E-state index contributed by atoms with van der Waals surface area (Å²) in [5, 5.41) is 0.971. The van der Waals surface area contributed by atoms with Crippen molar-refractivity contribution in [3.05, 3.63) is 46.1 Å². The summed E-state index contributed by atoms with van der Waals surface area (Å²) >= 11 is 12.0. The van der Waals surface area contributed by atoms with Crippen molar-refractivity contribution in [3.8, 4) is 11.3 Å². The highest BCUT2D eigenvalue weighted by molar-refractivity contribution is 6.34. The average Bonchev–Trinajstić information content (AvgIpc) is 2.52. The Kier molecular flexibility index (Phi) is 5.69. The van der Waals surface area contributed by atoms with E-state index in [4.69, 9.17) is 28.0 Å².